The lowest BCUT2D eigenvalue weighted by Gasteiger charge is -2.00. The molecule has 132 valence electrons. The van der Waals surface area contributed by atoms with Crippen LogP contribution in [0, 0.1) is 0 Å². The van der Waals surface area contributed by atoms with E-state index in [-0.39, 0.29) is 40.8 Å². The van der Waals surface area contributed by atoms with Crippen LogP contribution in [0.1, 0.15) is 27.8 Å². The summed E-state index contributed by atoms with van der Waals surface area (Å²) in [5.41, 5.74) is 0.368. The lowest BCUT2D eigenvalue weighted by molar-refractivity contribution is 0.0520. The van der Waals surface area contributed by atoms with Gasteiger partial charge in [-0.3, -0.25) is 4.40 Å². The molecular weight excluding hydrogens is 340 g/mol. The number of aromatic hydroxyl groups is 1. The Kier molecular flexibility index (Phi) is 4.61. The molecule has 2 heterocycles. The number of pyridine rings is 1. The molecule has 0 aliphatic rings. The van der Waals surface area contributed by atoms with Crippen molar-refractivity contribution in [2.24, 2.45) is 10.2 Å². The van der Waals surface area contributed by atoms with Crippen molar-refractivity contribution in [3.63, 3.8) is 0 Å². The summed E-state index contributed by atoms with van der Waals surface area (Å²) in [4.78, 5) is 27.3. The highest BCUT2D eigenvalue weighted by atomic mass is 16.5. The minimum atomic E-state index is -1.09. The fourth-order valence-electron chi connectivity index (χ4n) is 2.28. The molecule has 0 saturated heterocycles. The number of fused-ring (bicyclic) bond motifs is 1. The van der Waals surface area contributed by atoms with E-state index >= 15 is 0 Å². The maximum Gasteiger partial charge on any atom is 0.360 e. The SMILES string of the molecule is CCOC(=O)c1nc2c(O)cccn2c1N=Nc1cccc(C(=O)O)c1. The zero-order valence-electron chi connectivity index (χ0n) is 13.7. The number of esters is 1. The average Bonchev–Trinajstić information content (AvgIpc) is 3.00. The van der Waals surface area contributed by atoms with Crippen LogP contribution in [0.2, 0.25) is 0 Å². The smallest absolute Gasteiger partial charge is 0.360 e. The molecule has 0 aliphatic carbocycles. The number of aromatic carboxylic acids is 1. The van der Waals surface area contributed by atoms with Crippen molar-refractivity contribution in [1.29, 1.82) is 0 Å². The van der Waals surface area contributed by atoms with E-state index in [1.54, 1.807) is 25.3 Å². The Hall–Kier alpha value is -3.75. The van der Waals surface area contributed by atoms with E-state index in [1.165, 1.54) is 28.7 Å². The van der Waals surface area contributed by atoms with E-state index in [9.17, 15) is 14.7 Å². The molecule has 0 spiro atoms. The maximum absolute atomic E-state index is 12.1. The van der Waals surface area contributed by atoms with Crippen LogP contribution >= 0.6 is 0 Å². The van der Waals surface area contributed by atoms with Gasteiger partial charge in [-0.05, 0) is 37.3 Å². The standard InChI is InChI=1S/C17H14N4O5/c1-2-26-17(25)13-15(21-8-4-7-12(22)14(21)18-13)20-19-11-6-3-5-10(9-11)16(23)24/h3-9,22H,2H2,1H3,(H,23,24). The largest absolute Gasteiger partial charge is 0.504 e. The first kappa shape index (κ1) is 17.1. The molecule has 0 bridgehead atoms. The predicted molar refractivity (Wildman–Crippen MR) is 90.4 cm³/mol. The highest BCUT2D eigenvalue weighted by Gasteiger charge is 2.21. The van der Waals surface area contributed by atoms with Gasteiger partial charge in [0.2, 0.25) is 0 Å². The molecule has 9 heteroatoms. The molecule has 3 rings (SSSR count). The highest BCUT2D eigenvalue weighted by Crippen LogP contribution is 2.28. The predicted octanol–water partition coefficient (Wildman–Crippen LogP) is 3.33. The number of azo groups is 1. The van der Waals surface area contributed by atoms with Crippen LogP contribution in [-0.4, -0.2) is 38.1 Å². The number of hydrogen-bond acceptors (Lipinski definition) is 7. The normalized spacial score (nSPS) is 11.1. The lowest BCUT2D eigenvalue weighted by atomic mass is 10.2. The van der Waals surface area contributed by atoms with Crippen LogP contribution < -0.4 is 0 Å². The molecule has 0 unspecified atom stereocenters. The number of rotatable bonds is 5. The molecule has 1 aromatic carbocycles. The molecule has 26 heavy (non-hydrogen) atoms. The fourth-order valence-corrected chi connectivity index (χ4v) is 2.28. The monoisotopic (exact) mass is 354 g/mol. The summed E-state index contributed by atoms with van der Waals surface area (Å²) < 4.78 is 6.36. The van der Waals surface area contributed by atoms with Crippen molar-refractivity contribution in [1.82, 2.24) is 9.38 Å². The third-order valence-corrected chi connectivity index (χ3v) is 3.43. The van der Waals surface area contributed by atoms with Crippen molar-refractivity contribution in [2.45, 2.75) is 6.92 Å². The van der Waals surface area contributed by atoms with Gasteiger partial charge in [-0.15, -0.1) is 10.2 Å². The van der Waals surface area contributed by atoms with Crippen LogP contribution in [0.15, 0.2) is 52.8 Å². The van der Waals surface area contributed by atoms with Crippen molar-refractivity contribution < 1.29 is 24.5 Å². The summed E-state index contributed by atoms with van der Waals surface area (Å²) in [6, 6.07) is 8.86. The number of imidazole rings is 1. The van der Waals surface area contributed by atoms with Gasteiger partial charge in [0.1, 0.15) is 0 Å². The molecule has 2 N–H and O–H groups in total. The van der Waals surface area contributed by atoms with Crippen LogP contribution in [0.3, 0.4) is 0 Å². The van der Waals surface area contributed by atoms with E-state index in [2.05, 4.69) is 15.2 Å². The summed E-state index contributed by atoms with van der Waals surface area (Å²) >= 11 is 0. The number of nitrogens with zero attached hydrogens (tertiary/aromatic N) is 4. The molecule has 0 atom stereocenters. The average molecular weight is 354 g/mol. The Labute approximate surface area is 147 Å². The topological polar surface area (TPSA) is 126 Å². The van der Waals surface area contributed by atoms with Gasteiger partial charge in [-0.1, -0.05) is 6.07 Å². The zero-order chi connectivity index (χ0) is 18.7. The number of hydrogen-bond donors (Lipinski definition) is 2. The number of ether oxygens (including phenoxy) is 1. The first-order valence-corrected chi connectivity index (χ1v) is 7.63. The van der Waals surface area contributed by atoms with Crippen LogP contribution in [0.5, 0.6) is 5.75 Å². The minimum absolute atomic E-state index is 0.0582. The number of carbonyl (C=O) groups excluding carboxylic acids is 1. The Morgan fingerprint density at radius 2 is 2.04 bits per heavy atom. The molecular formula is C17H14N4O5. The third-order valence-electron chi connectivity index (χ3n) is 3.43. The first-order chi connectivity index (χ1) is 12.5. The highest BCUT2D eigenvalue weighted by molar-refractivity contribution is 5.93. The Balaban J connectivity index is 2.09. The van der Waals surface area contributed by atoms with Gasteiger partial charge in [0.25, 0.3) is 0 Å². The molecule has 0 fully saturated rings. The van der Waals surface area contributed by atoms with Gasteiger partial charge in [0.05, 0.1) is 17.9 Å². The van der Waals surface area contributed by atoms with Crippen molar-refractivity contribution in [3.05, 3.63) is 53.9 Å². The van der Waals surface area contributed by atoms with Crippen molar-refractivity contribution in [3.8, 4) is 5.75 Å². The van der Waals surface area contributed by atoms with Crippen molar-refractivity contribution in [2.75, 3.05) is 6.61 Å². The molecule has 0 radical (unpaired) electrons. The van der Waals surface area contributed by atoms with Gasteiger partial charge < -0.3 is 14.9 Å². The molecule has 0 aliphatic heterocycles. The van der Waals surface area contributed by atoms with Crippen LogP contribution in [0.25, 0.3) is 5.65 Å². The quantitative estimate of drug-likeness (QED) is 0.534. The summed E-state index contributed by atoms with van der Waals surface area (Å²) in [7, 11) is 0. The maximum atomic E-state index is 12.1. The van der Waals surface area contributed by atoms with Gasteiger partial charge >= 0.3 is 11.9 Å². The molecule has 0 saturated carbocycles. The van der Waals surface area contributed by atoms with Gasteiger partial charge in [0.15, 0.2) is 22.9 Å². The number of benzene rings is 1. The fraction of sp³-hybridized carbons (Fsp3) is 0.118. The molecule has 2 aromatic heterocycles. The summed E-state index contributed by atoms with van der Waals surface area (Å²) in [5.74, 6) is -1.86. The van der Waals surface area contributed by atoms with E-state index in [0.29, 0.717) is 0 Å². The summed E-state index contributed by atoms with van der Waals surface area (Å²) in [5, 5.41) is 27.0. The van der Waals surface area contributed by atoms with Gasteiger partial charge in [-0.2, -0.15) is 0 Å². The van der Waals surface area contributed by atoms with Crippen LogP contribution in [-0.2, 0) is 4.74 Å². The second-order valence-electron chi connectivity index (χ2n) is 5.15. The minimum Gasteiger partial charge on any atom is -0.504 e. The Morgan fingerprint density at radius 1 is 1.23 bits per heavy atom. The van der Waals surface area contributed by atoms with Gasteiger partial charge in [0, 0.05) is 6.20 Å². The second-order valence-corrected chi connectivity index (χ2v) is 5.15. The number of aromatic nitrogens is 2. The van der Waals surface area contributed by atoms with E-state index < -0.39 is 11.9 Å². The molecule has 9 nitrogen and oxygen atoms in total. The first-order valence-electron chi connectivity index (χ1n) is 7.63. The zero-order valence-corrected chi connectivity index (χ0v) is 13.7. The van der Waals surface area contributed by atoms with Crippen LogP contribution in [0.4, 0.5) is 11.5 Å². The van der Waals surface area contributed by atoms with E-state index in [0.717, 1.165) is 0 Å². The van der Waals surface area contributed by atoms with Crippen molar-refractivity contribution >= 4 is 29.1 Å². The molecule has 3 aromatic rings. The Morgan fingerprint density at radius 3 is 2.77 bits per heavy atom. The van der Waals surface area contributed by atoms with Gasteiger partial charge in [-0.25, -0.2) is 14.6 Å². The molecule has 0 amide bonds. The van der Waals surface area contributed by atoms with E-state index in [4.69, 9.17) is 9.84 Å². The Bertz CT molecular complexity index is 1030. The third kappa shape index (κ3) is 3.22. The summed E-state index contributed by atoms with van der Waals surface area (Å²) in [6.07, 6.45) is 1.56. The van der Waals surface area contributed by atoms with E-state index in [1.807, 2.05) is 0 Å². The second kappa shape index (κ2) is 7.01. The summed E-state index contributed by atoms with van der Waals surface area (Å²) in [6.45, 7) is 1.81. The lowest BCUT2D eigenvalue weighted by Crippen LogP contribution is -2.05. The number of carbonyl (C=O) groups is 2. The number of carboxylic acid groups (broad SMARTS) is 1. The number of carboxylic acids is 1.